The number of carboxylic acids is 1. The van der Waals surface area contributed by atoms with Gasteiger partial charge in [-0.25, -0.2) is 9.78 Å². The van der Waals surface area contributed by atoms with Crippen LogP contribution in [0.4, 0.5) is 11.6 Å². The van der Waals surface area contributed by atoms with Gasteiger partial charge in [-0.15, -0.1) is 0 Å². The number of hydrogen-bond acceptors (Lipinski definition) is 9. The molecule has 4 N–H and O–H groups in total. The van der Waals surface area contributed by atoms with Gasteiger partial charge in [0.15, 0.2) is 11.5 Å². The molecular formula is C24H27N7O6. The Morgan fingerprint density at radius 2 is 1.97 bits per heavy atom. The number of hydrogen-bond donors (Lipinski definition) is 4. The maximum absolute atomic E-state index is 12.6. The third-order valence-electron chi connectivity index (χ3n) is 5.30. The molecule has 0 saturated heterocycles. The van der Waals surface area contributed by atoms with E-state index in [2.05, 4.69) is 30.9 Å². The summed E-state index contributed by atoms with van der Waals surface area (Å²) in [7, 11) is 1.55. The molecule has 0 spiro atoms. The Morgan fingerprint density at radius 3 is 2.62 bits per heavy atom. The van der Waals surface area contributed by atoms with Crippen LogP contribution >= 0.6 is 0 Å². The summed E-state index contributed by atoms with van der Waals surface area (Å²) in [5.41, 5.74) is 1.41. The molecule has 4 rings (SSSR count). The van der Waals surface area contributed by atoms with Gasteiger partial charge in [-0.05, 0) is 23.9 Å². The molecule has 0 unspecified atom stereocenters. The molecule has 13 nitrogen and oxygen atoms in total. The van der Waals surface area contributed by atoms with Crippen molar-refractivity contribution in [3.63, 3.8) is 0 Å². The van der Waals surface area contributed by atoms with Gasteiger partial charge in [0.1, 0.15) is 5.82 Å². The normalized spacial score (nSPS) is 10.5. The van der Waals surface area contributed by atoms with Crippen molar-refractivity contribution in [2.75, 3.05) is 17.2 Å². The summed E-state index contributed by atoms with van der Waals surface area (Å²) >= 11 is 0. The highest BCUT2D eigenvalue weighted by molar-refractivity contribution is 5.96. The zero-order chi connectivity index (χ0) is 26.9. The van der Waals surface area contributed by atoms with E-state index in [9.17, 15) is 14.7 Å². The number of nitrogens with one attached hydrogen (secondary N) is 2. The lowest BCUT2D eigenvalue weighted by atomic mass is 10.1. The molecule has 0 saturated carbocycles. The van der Waals surface area contributed by atoms with Crippen molar-refractivity contribution in [3.8, 4) is 11.4 Å². The Labute approximate surface area is 211 Å². The van der Waals surface area contributed by atoms with Gasteiger partial charge >= 0.3 is 5.97 Å². The Balaban J connectivity index is 0.00000121. The Bertz CT molecular complexity index is 1410. The van der Waals surface area contributed by atoms with Crippen molar-refractivity contribution in [2.24, 2.45) is 7.05 Å². The Kier molecular flexibility index (Phi) is 8.86. The van der Waals surface area contributed by atoms with Crippen molar-refractivity contribution in [1.29, 1.82) is 0 Å². The highest BCUT2D eigenvalue weighted by Crippen LogP contribution is 2.27. The summed E-state index contributed by atoms with van der Waals surface area (Å²) in [5.74, 6) is 0.546. The third kappa shape index (κ3) is 6.45. The topological polar surface area (TPSA) is 185 Å². The molecule has 3 heterocycles. The maximum Gasteiger partial charge on any atom is 0.354 e. The van der Waals surface area contributed by atoms with Crippen LogP contribution < -0.4 is 10.6 Å². The number of aromatic carboxylic acids is 1. The standard InChI is InChI=1S/C23H25N7O4.CH2O2/c1-4-5-16-19(23(32)33)30(3)28-22(16)27-18(31)9-11-25-21-17-12-15(20-26-13(2)34-29-20)7-6-14(17)8-10-24-21;2-1-3/h6-8,10,12H,4-5,9,11H2,1-3H3,(H,24,25)(H,32,33)(H,27,28,31);1H,(H,2,3). The Hall–Kier alpha value is -4.81. The molecule has 0 aliphatic heterocycles. The fourth-order valence-corrected chi connectivity index (χ4v) is 3.78. The van der Waals surface area contributed by atoms with Crippen molar-refractivity contribution < 1.29 is 29.1 Å². The lowest BCUT2D eigenvalue weighted by molar-refractivity contribution is -0.123. The van der Waals surface area contributed by atoms with E-state index >= 15 is 0 Å². The molecule has 0 radical (unpaired) electrons. The largest absolute Gasteiger partial charge is 0.483 e. The van der Waals surface area contributed by atoms with E-state index in [-0.39, 0.29) is 30.3 Å². The maximum atomic E-state index is 12.6. The summed E-state index contributed by atoms with van der Waals surface area (Å²) in [6.45, 7) is 3.75. The number of carbonyl (C=O) groups is 3. The van der Waals surface area contributed by atoms with E-state index in [1.165, 1.54) is 4.68 Å². The first-order valence-corrected chi connectivity index (χ1v) is 11.4. The summed E-state index contributed by atoms with van der Waals surface area (Å²) in [6, 6.07) is 7.69. The predicted octanol–water partition coefficient (Wildman–Crippen LogP) is 3.12. The van der Waals surface area contributed by atoms with Crippen molar-refractivity contribution in [1.82, 2.24) is 24.9 Å². The first-order valence-electron chi connectivity index (χ1n) is 11.4. The molecule has 1 amide bonds. The molecular weight excluding hydrogens is 482 g/mol. The number of aryl methyl sites for hydroxylation is 2. The van der Waals surface area contributed by atoms with Crippen LogP contribution in [0.5, 0.6) is 0 Å². The number of nitrogens with zero attached hydrogens (tertiary/aromatic N) is 5. The smallest absolute Gasteiger partial charge is 0.354 e. The lowest BCUT2D eigenvalue weighted by Gasteiger charge is -2.10. The van der Waals surface area contributed by atoms with E-state index in [1.54, 1.807) is 20.2 Å². The number of anilines is 2. The van der Waals surface area contributed by atoms with Crippen LogP contribution in [0, 0.1) is 6.92 Å². The minimum absolute atomic E-state index is 0.0860. The summed E-state index contributed by atoms with van der Waals surface area (Å²) in [6.07, 6.45) is 3.08. The number of aromatic nitrogens is 5. The molecule has 0 aliphatic carbocycles. The summed E-state index contributed by atoms with van der Waals surface area (Å²) < 4.78 is 6.35. The number of carboxylic acid groups (broad SMARTS) is 2. The van der Waals surface area contributed by atoms with E-state index < -0.39 is 5.97 Å². The Morgan fingerprint density at radius 1 is 1.22 bits per heavy atom. The number of amides is 1. The first-order chi connectivity index (χ1) is 17.8. The van der Waals surface area contributed by atoms with Crippen molar-refractivity contribution in [2.45, 2.75) is 33.1 Å². The molecule has 0 atom stereocenters. The summed E-state index contributed by atoms with van der Waals surface area (Å²) in [4.78, 5) is 41.2. The number of benzene rings is 1. The number of rotatable bonds is 9. The predicted molar refractivity (Wildman–Crippen MR) is 134 cm³/mol. The zero-order valence-corrected chi connectivity index (χ0v) is 20.6. The van der Waals surface area contributed by atoms with Gasteiger partial charge in [0.05, 0.1) is 0 Å². The molecule has 0 fully saturated rings. The molecule has 194 valence electrons. The van der Waals surface area contributed by atoms with Crippen LogP contribution in [0.2, 0.25) is 0 Å². The van der Waals surface area contributed by atoms with Crippen LogP contribution in [-0.4, -0.2) is 60.0 Å². The second-order valence-electron chi connectivity index (χ2n) is 7.92. The van der Waals surface area contributed by atoms with Gasteiger partial charge < -0.3 is 25.4 Å². The van der Waals surface area contributed by atoms with E-state index in [0.717, 1.165) is 22.8 Å². The second-order valence-corrected chi connectivity index (χ2v) is 7.92. The van der Waals surface area contributed by atoms with Gasteiger partial charge in [0.2, 0.25) is 17.6 Å². The van der Waals surface area contributed by atoms with Crippen molar-refractivity contribution >= 4 is 40.8 Å². The molecule has 1 aromatic carbocycles. The van der Waals surface area contributed by atoms with E-state index in [4.69, 9.17) is 14.4 Å². The molecule has 37 heavy (non-hydrogen) atoms. The van der Waals surface area contributed by atoms with Crippen LogP contribution in [0.1, 0.15) is 41.7 Å². The first kappa shape index (κ1) is 26.8. The number of fused-ring (bicyclic) bond motifs is 1. The molecule has 0 bridgehead atoms. The molecule has 3 aromatic heterocycles. The highest BCUT2D eigenvalue weighted by atomic mass is 16.5. The second kappa shape index (κ2) is 12.2. The minimum Gasteiger partial charge on any atom is -0.483 e. The number of pyridine rings is 1. The average Bonchev–Trinajstić information content (AvgIpc) is 3.42. The van der Waals surface area contributed by atoms with Crippen LogP contribution in [-0.2, 0) is 23.1 Å². The number of carbonyl (C=O) groups excluding carboxylic acids is 1. The van der Waals surface area contributed by atoms with Gasteiger partial charge in [-0.2, -0.15) is 10.1 Å². The van der Waals surface area contributed by atoms with E-state index in [1.807, 2.05) is 31.2 Å². The van der Waals surface area contributed by atoms with Crippen LogP contribution in [0.15, 0.2) is 35.0 Å². The van der Waals surface area contributed by atoms with Crippen LogP contribution in [0.3, 0.4) is 0 Å². The van der Waals surface area contributed by atoms with E-state index in [0.29, 0.717) is 36.1 Å². The zero-order valence-electron chi connectivity index (χ0n) is 20.6. The minimum atomic E-state index is -1.07. The van der Waals surface area contributed by atoms with Gasteiger partial charge in [-0.3, -0.25) is 14.3 Å². The van der Waals surface area contributed by atoms with Crippen molar-refractivity contribution in [3.05, 3.63) is 47.6 Å². The molecule has 4 aromatic rings. The van der Waals surface area contributed by atoms with Gasteiger partial charge in [0, 0.05) is 49.6 Å². The monoisotopic (exact) mass is 509 g/mol. The molecule has 13 heteroatoms. The van der Waals surface area contributed by atoms with Gasteiger partial charge in [-0.1, -0.05) is 30.6 Å². The highest BCUT2D eigenvalue weighted by Gasteiger charge is 2.22. The third-order valence-corrected chi connectivity index (χ3v) is 5.30. The SMILES string of the molecule is CCCc1c(NC(=O)CCNc2nccc3ccc(-c4noc(C)n4)cc23)nn(C)c1C(=O)O.O=CO. The fourth-order valence-electron chi connectivity index (χ4n) is 3.78. The van der Waals surface area contributed by atoms with Crippen LogP contribution in [0.25, 0.3) is 22.2 Å². The van der Waals surface area contributed by atoms with Gasteiger partial charge in [0.25, 0.3) is 6.47 Å². The molecule has 0 aliphatic rings. The fraction of sp³-hybridized carbons (Fsp3) is 0.292. The summed E-state index contributed by atoms with van der Waals surface area (Å²) in [5, 5.41) is 32.3. The average molecular weight is 510 g/mol. The lowest BCUT2D eigenvalue weighted by Crippen LogP contribution is -2.18. The quantitative estimate of drug-likeness (QED) is 0.243.